The molecule has 0 unspecified atom stereocenters. The van der Waals surface area contributed by atoms with E-state index in [-0.39, 0.29) is 24.7 Å². The van der Waals surface area contributed by atoms with Gasteiger partial charge < -0.3 is 20.1 Å². The summed E-state index contributed by atoms with van der Waals surface area (Å²) in [6.45, 7) is 1.32. The Kier molecular flexibility index (Phi) is 6.61. The van der Waals surface area contributed by atoms with E-state index in [1.54, 1.807) is 11.9 Å². The van der Waals surface area contributed by atoms with Crippen LogP contribution in [0.2, 0.25) is 0 Å². The highest BCUT2D eigenvalue weighted by Gasteiger charge is 2.14. The van der Waals surface area contributed by atoms with E-state index < -0.39 is 17.5 Å². The minimum atomic E-state index is -1.06. The summed E-state index contributed by atoms with van der Waals surface area (Å²) in [5.41, 5.74) is 1.07. The monoisotopic (exact) mass is 405 g/mol. The highest BCUT2D eigenvalue weighted by atomic mass is 19.2. The normalized spacial score (nSPS) is 12.6. The van der Waals surface area contributed by atoms with E-state index >= 15 is 0 Å². The Morgan fingerprint density at radius 1 is 1.00 bits per heavy atom. The van der Waals surface area contributed by atoms with Crippen molar-refractivity contribution in [1.29, 1.82) is 0 Å². The average Bonchev–Trinajstić information content (AvgIpc) is 2.69. The first-order valence-corrected chi connectivity index (χ1v) is 8.99. The highest BCUT2D eigenvalue weighted by Crippen LogP contribution is 2.30. The number of benzene rings is 2. The van der Waals surface area contributed by atoms with Gasteiger partial charge in [-0.25, -0.2) is 8.78 Å². The van der Waals surface area contributed by atoms with Gasteiger partial charge in [-0.3, -0.25) is 14.5 Å². The zero-order chi connectivity index (χ0) is 20.8. The van der Waals surface area contributed by atoms with Crippen LogP contribution in [-0.4, -0.2) is 50.1 Å². The first-order valence-electron chi connectivity index (χ1n) is 8.99. The topological polar surface area (TPSA) is 79.9 Å². The van der Waals surface area contributed by atoms with Crippen molar-refractivity contribution < 1.29 is 27.8 Å². The van der Waals surface area contributed by atoms with Crippen molar-refractivity contribution in [3.05, 3.63) is 53.6 Å². The molecule has 0 spiro atoms. The van der Waals surface area contributed by atoms with Gasteiger partial charge in [0.05, 0.1) is 13.1 Å². The van der Waals surface area contributed by atoms with Gasteiger partial charge in [-0.15, -0.1) is 0 Å². The van der Waals surface area contributed by atoms with Crippen LogP contribution in [0, 0.1) is 11.6 Å². The smallest absolute Gasteiger partial charge is 0.243 e. The number of amides is 2. The summed E-state index contributed by atoms with van der Waals surface area (Å²) in [5, 5.41) is 4.88. The summed E-state index contributed by atoms with van der Waals surface area (Å²) in [4.78, 5) is 25.7. The molecule has 1 aliphatic heterocycles. The number of halogens is 2. The molecule has 0 aromatic heterocycles. The number of carbonyl (C=O) groups is 2. The second kappa shape index (κ2) is 9.33. The number of ether oxygens (including phenoxy) is 2. The molecule has 1 aliphatic rings. The minimum Gasteiger partial charge on any atom is -0.486 e. The summed E-state index contributed by atoms with van der Waals surface area (Å²) >= 11 is 0. The molecule has 7 nitrogen and oxygen atoms in total. The molecule has 3 rings (SSSR count). The molecule has 1 heterocycles. The van der Waals surface area contributed by atoms with Crippen LogP contribution < -0.4 is 20.1 Å². The number of nitrogens with one attached hydrogen (secondary N) is 2. The molecule has 2 aromatic rings. The third-order valence-corrected chi connectivity index (χ3v) is 4.12. The van der Waals surface area contributed by atoms with Crippen LogP contribution in [0.5, 0.6) is 11.5 Å². The quantitative estimate of drug-likeness (QED) is 0.736. The SMILES string of the molecule is CN(CC(=O)NCC(=O)Nc1ccc(F)c(F)c1)Cc1ccc2c(c1)OCCO2. The first-order chi connectivity index (χ1) is 13.9. The van der Waals surface area contributed by atoms with E-state index in [1.165, 1.54) is 6.07 Å². The van der Waals surface area contributed by atoms with Crippen molar-refractivity contribution in [3.63, 3.8) is 0 Å². The molecule has 0 fully saturated rings. The summed E-state index contributed by atoms with van der Waals surface area (Å²) < 4.78 is 37.1. The van der Waals surface area contributed by atoms with E-state index in [4.69, 9.17) is 9.47 Å². The predicted octanol–water partition coefficient (Wildman–Crippen LogP) is 1.92. The maximum atomic E-state index is 13.1. The fourth-order valence-corrected chi connectivity index (χ4v) is 2.81. The number of nitrogens with zero attached hydrogens (tertiary/aromatic N) is 1. The first kappa shape index (κ1) is 20.5. The maximum Gasteiger partial charge on any atom is 0.243 e. The van der Waals surface area contributed by atoms with Crippen LogP contribution >= 0.6 is 0 Å². The number of rotatable bonds is 7. The molecular formula is C20H21F2N3O4. The van der Waals surface area contributed by atoms with E-state index in [0.717, 1.165) is 17.7 Å². The molecule has 2 aromatic carbocycles. The lowest BCUT2D eigenvalue weighted by Crippen LogP contribution is -2.39. The number of carbonyl (C=O) groups excluding carboxylic acids is 2. The van der Waals surface area contributed by atoms with Crippen LogP contribution in [0.25, 0.3) is 0 Å². The Hall–Kier alpha value is -3.20. The molecular weight excluding hydrogens is 384 g/mol. The van der Waals surface area contributed by atoms with Gasteiger partial charge in [-0.05, 0) is 36.9 Å². The Balaban J connectivity index is 1.42. The Labute approximate surface area is 166 Å². The van der Waals surface area contributed by atoms with Gasteiger partial charge in [0.2, 0.25) is 11.8 Å². The zero-order valence-electron chi connectivity index (χ0n) is 15.8. The van der Waals surface area contributed by atoms with Crippen molar-refractivity contribution in [3.8, 4) is 11.5 Å². The summed E-state index contributed by atoms with van der Waals surface area (Å²) in [6, 6.07) is 8.63. The highest BCUT2D eigenvalue weighted by molar-refractivity contribution is 5.94. The second-order valence-corrected chi connectivity index (χ2v) is 6.60. The van der Waals surface area contributed by atoms with Crippen molar-refractivity contribution >= 4 is 17.5 Å². The van der Waals surface area contributed by atoms with E-state index in [1.807, 2.05) is 18.2 Å². The van der Waals surface area contributed by atoms with Gasteiger partial charge in [-0.2, -0.15) is 0 Å². The third-order valence-electron chi connectivity index (χ3n) is 4.12. The van der Waals surface area contributed by atoms with Gasteiger partial charge in [0, 0.05) is 18.3 Å². The number of likely N-dealkylation sites (N-methyl/N-ethyl adjacent to an activating group) is 1. The van der Waals surface area contributed by atoms with Gasteiger partial charge in [0.1, 0.15) is 13.2 Å². The van der Waals surface area contributed by atoms with Gasteiger partial charge >= 0.3 is 0 Å². The third kappa shape index (κ3) is 5.89. The standard InChI is InChI=1S/C20H21F2N3O4/c1-25(11-13-2-5-17-18(8-13)29-7-6-28-17)12-20(27)23-10-19(26)24-14-3-4-15(21)16(22)9-14/h2-5,8-9H,6-7,10-12H2,1H3,(H,23,27)(H,24,26). The van der Waals surface area contributed by atoms with Crippen molar-refractivity contribution in [2.45, 2.75) is 6.54 Å². The predicted molar refractivity (Wildman–Crippen MR) is 102 cm³/mol. The fourth-order valence-electron chi connectivity index (χ4n) is 2.81. The van der Waals surface area contributed by atoms with Gasteiger partial charge in [-0.1, -0.05) is 6.07 Å². The fraction of sp³-hybridized carbons (Fsp3) is 0.300. The molecule has 2 N–H and O–H groups in total. The van der Waals surface area contributed by atoms with Crippen LogP contribution in [0.4, 0.5) is 14.5 Å². The lowest BCUT2D eigenvalue weighted by Gasteiger charge is -2.21. The summed E-state index contributed by atoms with van der Waals surface area (Å²) in [6.07, 6.45) is 0. The average molecular weight is 405 g/mol. The molecule has 0 saturated carbocycles. The van der Waals surface area contributed by atoms with Crippen LogP contribution in [-0.2, 0) is 16.1 Å². The Bertz CT molecular complexity index is 907. The van der Waals surface area contributed by atoms with E-state index in [0.29, 0.717) is 31.3 Å². The summed E-state index contributed by atoms with van der Waals surface area (Å²) in [7, 11) is 1.78. The molecule has 0 atom stereocenters. The maximum absolute atomic E-state index is 13.1. The lowest BCUT2D eigenvalue weighted by molar-refractivity contribution is -0.124. The largest absolute Gasteiger partial charge is 0.486 e. The molecule has 0 radical (unpaired) electrons. The molecule has 0 aliphatic carbocycles. The van der Waals surface area contributed by atoms with Crippen LogP contribution in [0.15, 0.2) is 36.4 Å². The molecule has 0 bridgehead atoms. The molecule has 0 saturated heterocycles. The van der Waals surface area contributed by atoms with Crippen molar-refractivity contribution in [2.24, 2.45) is 0 Å². The van der Waals surface area contributed by atoms with E-state index in [2.05, 4.69) is 10.6 Å². The van der Waals surface area contributed by atoms with Gasteiger partial charge in [0.15, 0.2) is 23.1 Å². The number of anilines is 1. The van der Waals surface area contributed by atoms with Crippen molar-refractivity contribution in [2.75, 3.05) is 38.7 Å². The number of fused-ring (bicyclic) bond motifs is 1. The van der Waals surface area contributed by atoms with Crippen LogP contribution in [0.3, 0.4) is 0 Å². The van der Waals surface area contributed by atoms with Crippen LogP contribution in [0.1, 0.15) is 5.56 Å². The number of hydrogen-bond acceptors (Lipinski definition) is 5. The van der Waals surface area contributed by atoms with Crippen molar-refractivity contribution in [1.82, 2.24) is 10.2 Å². The number of hydrogen-bond donors (Lipinski definition) is 2. The Morgan fingerprint density at radius 2 is 1.76 bits per heavy atom. The second-order valence-electron chi connectivity index (χ2n) is 6.60. The Morgan fingerprint density at radius 3 is 2.52 bits per heavy atom. The molecule has 29 heavy (non-hydrogen) atoms. The molecule has 9 heteroatoms. The lowest BCUT2D eigenvalue weighted by atomic mass is 10.2. The minimum absolute atomic E-state index is 0.0763. The zero-order valence-corrected chi connectivity index (χ0v) is 15.8. The molecule has 2 amide bonds. The molecule has 154 valence electrons. The summed E-state index contributed by atoms with van der Waals surface area (Å²) in [5.74, 6) is -1.57. The van der Waals surface area contributed by atoms with Gasteiger partial charge in [0.25, 0.3) is 0 Å². The van der Waals surface area contributed by atoms with E-state index in [9.17, 15) is 18.4 Å².